The summed E-state index contributed by atoms with van der Waals surface area (Å²) in [6.07, 6.45) is 3.20. The zero-order chi connectivity index (χ0) is 16.9. The van der Waals surface area contributed by atoms with Gasteiger partial charge in [0.1, 0.15) is 0 Å². The minimum Gasteiger partial charge on any atom is -0.318 e. The Balaban J connectivity index is 1.80. The van der Waals surface area contributed by atoms with Crippen molar-refractivity contribution in [3.63, 3.8) is 0 Å². The van der Waals surface area contributed by atoms with Crippen LogP contribution in [0, 0.1) is 13.8 Å². The van der Waals surface area contributed by atoms with E-state index in [-0.39, 0.29) is 5.91 Å². The highest BCUT2D eigenvalue weighted by Gasteiger charge is 2.16. The van der Waals surface area contributed by atoms with Crippen molar-refractivity contribution in [3.8, 4) is 5.69 Å². The number of hydrogen-bond acceptors (Lipinski definition) is 3. The van der Waals surface area contributed by atoms with Gasteiger partial charge in [-0.15, -0.1) is 0 Å². The first-order valence-corrected chi connectivity index (χ1v) is 7.65. The number of carbonyl (C=O) groups is 1. The summed E-state index contributed by atoms with van der Waals surface area (Å²) in [6.45, 7) is 3.91. The molecule has 0 saturated carbocycles. The molecule has 0 fully saturated rings. The van der Waals surface area contributed by atoms with Crippen molar-refractivity contribution in [2.75, 3.05) is 0 Å². The van der Waals surface area contributed by atoms with Crippen LogP contribution in [0.3, 0.4) is 0 Å². The smallest absolute Gasteiger partial charge is 0.273 e. The van der Waals surface area contributed by atoms with Gasteiger partial charge in [-0.25, -0.2) is 5.43 Å². The molecule has 5 nitrogen and oxygen atoms in total. The molecule has 0 saturated heterocycles. The molecule has 0 atom stereocenters. The van der Waals surface area contributed by atoms with E-state index in [1.54, 1.807) is 6.20 Å². The molecule has 3 aromatic rings. The first-order chi connectivity index (χ1) is 11.7. The number of aryl methyl sites for hydroxylation is 1. The molecule has 0 radical (unpaired) electrons. The van der Waals surface area contributed by atoms with Crippen molar-refractivity contribution in [2.45, 2.75) is 13.8 Å². The van der Waals surface area contributed by atoms with Crippen LogP contribution >= 0.6 is 0 Å². The van der Waals surface area contributed by atoms with Gasteiger partial charge in [-0.3, -0.25) is 9.78 Å². The number of nitrogens with zero attached hydrogens (tertiary/aromatic N) is 3. The van der Waals surface area contributed by atoms with Crippen LogP contribution in [0.1, 0.15) is 27.4 Å². The quantitative estimate of drug-likeness (QED) is 0.593. The molecule has 0 aliphatic carbocycles. The van der Waals surface area contributed by atoms with Crippen LogP contribution in [0.2, 0.25) is 0 Å². The van der Waals surface area contributed by atoms with Crippen molar-refractivity contribution in [1.82, 2.24) is 15.0 Å². The second-order valence-electron chi connectivity index (χ2n) is 5.41. The van der Waals surface area contributed by atoms with Crippen molar-refractivity contribution < 1.29 is 4.79 Å². The standard InChI is InChI=1S/C19H18N4O/c1-14-12-18(15(2)23(14)17-9-4-3-5-10-17)19(24)22-21-13-16-8-6-7-11-20-16/h3-13H,1-2H3,(H,22,24). The maximum atomic E-state index is 12.4. The lowest BCUT2D eigenvalue weighted by molar-refractivity contribution is 0.0954. The predicted octanol–water partition coefficient (Wildman–Crippen LogP) is 3.25. The van der Waals surface area contributed by atoms with Crippen LogP contribution in [0.15, 0.2) is 65.9 Å². The van der Waals surface area contributed by atoms with E-state index in [2.05, 4.69) is 20.1 Å². The third-order valence-corrected chi connectivity index (χ3v) is 3.74. The number of nitrogens with one attached hydrogen (secondary N) is 1. The Labute approximate surface area is 140 Å². The van der Waals surface area contributed by atoms with E-state index >= 15 is 0 Å². The van der Waals surface area contributed by atoms with Gasteiger partial charge in [0.05, 0.1) is 17.5 Å². The molecule has 5 heteroatoms. The van der Waals surface area contributed by atoms with Crippen molar-refractivity contribution in [1.29, 1.82) is 0 Å². The number of hydrazone groups is 1. The number of carbonyl (C=O) groups excluding carboxylic acids is 1. The summed E-state index contributed by atoms with van der Waals surface area (Å²) >= 11 is 0. The summed E-state index contributed by atoms with van der Waals surface area (Å²) in [5.41, 5.74) is 6.76. The summed E-state index contributed by atoms with van der Waals surface area (Å²) in [5.74, 6) is -0.238. The highest BCUT2D eigenvalue weighted by Crippen LogP contribution is 2.20. The van der Waals surface area contributed by atoms with Crippen LogP contribution in [0.25, 0.3) is 5.69 Å². The number of aromatic nitrogens is 2. The zero-order valence-electron chi connectivity index (χ0n) is 13.6. The molecule has 0 aliphatic heterocycles. The Morgan fingerprint density at radius 2 is 1.88 bits per heavy atom. The topological polar surface area (TPSA) is 59.3 Å². The Morgan fingerprint density at radius 3 is 2.58 bits per heavy atom. The summed E-state index contributed by atoms with van der Waals surface area (Å²) in [7, 11) is 0. The van der Waals surface area contributed by atoms with E-state index in [9.17, 15) is 4.79 Å². The number of rotatable bonds is 4. The molecule has 24 heavy (non-hydrogen) atoms. The van der Waals surface area contributed by atoms with Crippen LogP contribution in [0.4, 0.5) is 0 Å². The van der Waals surface area contributed by atoms with Gasteiger partial charge >= 0.3 is 0 Å². The fourth-order valence-corrected chi connectivity index (χ4v) is 2.64. The predicted molar refractivity (Wildman–Crippen MR) is 94.5 cm³/mol. The van der Waals surface area contributed by atoms with E-state index in [1.165, 1.54) is 6.21 Å². The van der Waals surface area contributed by atoms with E-state index in [0.29, 0.717) is 11.3 Å². The lowest BCUT2D eigenvalue weighted by atomic mass is 10.2. The average molecular weight is 318 g/mol. The Morgan fingerprint density at radius 1 is 1.12 bits per heavy atom. The third-order valence-electron chi connectivity index (χ3n) is 3.74. The average Bonchev–Trinajstić information content (AvgIpc) is 2.91. The van der Waals surface area contributed by atoms with Gasteiger partial charge in [-0.2, -0.15) is 5.10 Å². The molecule has 2 heterocycles. The highest BCUT2D eigenvalue weighted by atomic mass is 16.2. The van der Waals surface area contributed by atoms with Gasteiger partial charge in [0.25, 0.3) is 5.91 Å². The van der Waals surface area contributed by atoms with E-state index < -0.39 is 0 Å². The summed E-state index contributed by atoms with van der Waals surface area (Å²) in [6, 6.07) is 17.3. The van der Waals surface area contributed by atoms with E-state index in [0.717, 1.165) is 17.1 Å². The lowest BCUT2D eigenvalue weighted by Gasteiger charge is -2.09. The second-order valence-corrected chi connectivity index (χ2v) is 5.41. The van der Waals surface area contributed by atoms with Crippen LogP contribution in [0.5, 0.6) is 0 Å². The third kappa shape index (κ3) is 3.25. The fourth-order valence-electron chi connectivity index (χ4n) is 2.64. The monoisotopic (exact) mass is 318 g/mol. The fraction of sp³-hybridized carbons (Fsp3) is 0.105. The van der Waals surface area contributed by atoms with E-state index in [4.69, 9.17) is 0 Å². The highest BCUT2D eigenvalue weighted by molar-refractivity contribution is 5.96. The van der Waals surface area contributed by atoms with Crippen LogP contribution in [-0.2, 0) is 0 Å². The van der Waals surface area contributed by atoms with Crippen molar-refractivity contribution in [2.24, 2.45) is 5.10 Å². The first kappa shape index (κ1) is 15.7. The molecule has 1 N–H and O–H groups in total. The zero-order valence-corrected chi connectivity index (χ0v) is 13.6. The molecule has 1 aromatic carbocycles. The largest absolute Gasteiger partial charge is 0.318 e. The molecule has 0 spiro atoms. The SMILES string of the molecule is Cc1cc(C(=O)NN=Cc2ccccn2)c(C)n1-c1ccccc1. The molecule has 1 amide bonds. The molecule has 2 aromatic heterocycles. The summed E-state index contributed by atoms with van der Waals surface area (Å²) in [5, 5.41) is 3.97. The Kier molecular flexibility index (Phi) is 4.52. The van der Waals surface area contributed by atoms with Gasteiger partial charge in [-0.05, 0) is 44.2 Å². The molecule has 120 valence electrons. The Hall–Kier alpha value is -3.21. The molecular weight excluding hydrogens is 300 g/mol. The minimum atomic E-state index is -0.238. The number of benzene rings is 1. The Bertz CT molecular complexity index is 867. The number of amides is 1. The van der Waals surface area contributed by atoms with Crippen molar-refractivity contribution in [3.05, 3.63) is 83.4 Å². The molecule has 3 rings (SSSR count). The maximum absolute atomic E-state index is 12.4. The normalized spacial score (nSPS) is 10.9. The van der Waals surface area contributed by atoms with Gasteiger partial charge in [0.2, 0.25) is 0 Å². The lowest BCUT2D eigenvalue weighted by Crippen LogP contribution is -2.18. The first-order valence-electron chi connectivity index (χ1n) is 7.65. The number of pyridine rings is 1. The maximum Gasteiger partial charge on any atom is 0.273 e. The van der Waals surface area contributed by atoms with Gasteiger partial charge < -0.3 is 4.57 Å². The molecular formula is C19H18N4O. The van der Waals surface area contributed by atoms with Crippen molar-refractivity contribution >= 4 is 12.1 Å². The van der Waals surface area contributed by atoms with E-state index in [1.807, 2.05) is 68.4 Å². The minimum absolute atomic E-state index is 0.238. The number of hydrogen-bond donors (Lipinski definition) is 1. The molecule has 0 aliphatic rings. The summed E-state index contributed by atoms with van der Waals surface area (Å²) in [4.78, 5) is 16.5. The second kappa shape index (κ2) is 6.91. The van der Waals surface area contributed by atoms with Crippen LogP contribution < -0.4 is 5.43 Å². The van der Waals surface area contributed by atoms with Gasteiger partial charge in [0.15, 0.2) is 0 Å². The molecule has 0 unspecified atom stereocenters. The van der Waals surface area contributed by atoms with Crippen LogP contribution in [-0.4, -0.2) is 21.7 Å². The van der Waals surface area contributed by atoms with Gasteiger partial charge in [0, 0.05) is 23.3 Å². The number of para-hydroxylation sites is 1. The summed E-state index contributed by atoms with van der Waals surface area (Å²) < 4.78 is 2.05. The van der Waals surface area contributed by atoms with Gasteiger partial charge in [-0.1, -0.05) is 24.3 Å². The molecule has 0 bridgehead atoms.